The van der Waals surface area contributed by atoms with E-state index in [1.807, 2.05) is 0 Å². The molecule has 156 valence electrons. The first kappa shape index (κ1) is 22.7. The summed E-state index contributed by atoms with van der Waals surface area (Å²) in [4.78, 5) is 39.4. The molecule has 1 aromatic carbocycles. The molecule has 1 heterocycles. The Hall–Kier alpha value is -2.55. The quantitative estimate of drug-likeness (QED) is 0.478. The maximum Gasteiger partial charge on any atom is 0.344 e. The van der Waals surface area contributed by atoms with Crippen molar-refractivity contribution in [2.45, 2.75) is 32.7 Å². The standard InChI is InChI=1S/C20H20BrF2NO5/c1-4-28-18(26)20(19(27)29-5-2)11-14(17(22)23)10-16(24(20)12(3)25)13-6-8-15(21)9-7-13/h6-10H,4-5,11H2,1-3H3. The summed E-state index contributed by atoms with van der Waals surface area (Å²) in [6, 6.07) is 6.45. The number of allylic oxidation sites excluding steroid dienone is 1. The third-order valence-electron chi connectivity index (χ3n) is 4.30. The molecule has 0 aromatic heterocycles. The number of halogens is 3. The molecule has 1 aromatic rings. The number of hydrogen-bond donors (Lipinski definition) is 0. The molecule has 0 radical (unpaired) electrons. The second-order valence-electron chi connectivity index (χ2n) is 6.15. The van der Waals surface area contributed by atoms with E-state index in [1.165, 1.54) is 13.8 Å². The predicted molar refractivity (Wildman–Crippen MR) is 104 cm³/mol. The molecular formula is C20H20BrF2NO5. The number of amides is 1. The van der Waals surface area contributed by atoms with Crippen molar-refractivity contribution in [1.82, 2.24) is 4.90 Å². The predicted octanol–water partition coefficient (Wildman–Crippen LogP) is 4.06. The lowest BCUT2D eigenvalue weighted by Crippen LogP contribution is -2.63. The lowest BCUT2D eigenvalue weighted by molar-refractivity contribution is -0.175. The largest absolute Gasteiger partial charge is 0.464 e. The highest BCUT2D eigenvalue weighted by Crippen LogP contribution is 2.42. The minimum Gasteiger partial charge on any atom is -0.464 e. The number of hydrogen-bond acceptors (Lipinski definition) is 5. The molecule has 0 spiro atoms. The van der Waals surface area contributed by atoms with E-state index >= 15 is 0 Å². The summed E-state index contributed by atoms with van der Waals surface area (Å²) in [7, 11) is 0. The third-order valence-corrected chi connectivity index (χ3v) is 4.83. The van der Waals surface area contributed by atoms with Crippen LogP contribution in [-0.4, -0.2) is 41.5 Å². The second kappa shape index (κ2) is 9.30. The van der Waals surface area contributed by atoms with Gasteiger partial charge in [0.25, 0.3) is 6.08 Å². The minimum atomic E-state index is -2.40. The van der Waals surface area contributed by atoms with E-state index in [1.54, 1.807) is 24.3 Å². The monoisotopic (exact) mass is 471 g/mol. The van der Waals surface area contributed by atoms with E-state index in [4.69, 9.17) is 9.47 Å². The number of esters is 2. The van der Waals surface area contributed by atoms with Crippen LogP contribution >= 0.6 is 15.9 Å². The molecule has 1 aliphatic rings. The van der Waals surface area contributed by atoms with Gasteiger partial charge in [-0.15, -0.1) is 0 Å². The Kier molecular flexibility index (Phi) is 7.29. The zero-order valence-corrected chi connectivity index (χ0v) is 17.7. The Morgan fingerprint density at radius 3 is 2.00 bits per heavy atom. The zero-order chi connectivity index (χ0) is 21.8. The molecule has 0 unspecified atom stereocenters. The molecule has 1 aliphatic heterocycles. The van der Waals surface area contributed by atoms with Gasteiger partial charge >= 0.3 is 11.9 Å². The highest BCUT2D eigenvalue weighted by molar-refractivity contribution is 9.10. The van der Waals surface area contributed by atoms with E-state index in [0.717, 1.165) is 22.4 Å². The molecule has 0 N–H and O–H groups in total. The van der Waals surface area contributed by atoms with Gasteiger partial charge < -0.3 is 9.47 Å². The zero-order valence-electron chi connectivity index (χ0n) is 16.1. The van der Waals surface area contributed by atoms with Crippen LogP contribution in [0.25, 0.3) is 5.70 Å². The summed E-state index contributed by atoms with van der Waals surface area (Å²) in [6.07, 6.45) is -1.73. The third kappa shape index (κ3) is 4.39. The molecule has 6 nitrogen and oxygen atoms in total. The van der Waals surface area contributed by atoms with Crippen LogP contribution in [0.5, 0.6) is 0 Å². The van der Waals surface area contributed by atoms with Gasteiger partial charge in [0.15, 0.2) is 0 Å². The maximum absolute atomic E-state index is 13.7. The van der Waals surface area contributed by atoms with Crippen LogP contribution in [0.3, 0.4) is 0 Å². The molecule has 0 saturated heterocycles. The highest BCUT2D eigenvalue weighted by Gasteiger charge is 2.59. The van der Waals surface area contributed by atoms with Gasteiger partial charge in [-0.2, -0.15) is 8.78 Å². The summed E-state index contributed by atoms with van der Waals surface area (Å²) < 4.78 is 38.1. The molecule has 0 aliphatic carbocycles. The van der Waals surface area contributed by atoms with Crippen LogP contribution in [0.2, 0.25) is 0 Å². The van der Waals surface area contributed by atoms with Gasteiger partial charge in [-0.05, 0) is 37.6 Å². The summed E-state index contributed by atoms with van der Waals surface area (Å²) in [5, 5.41) is 0. The molecule has 29 heavy (non-hydrogen) atoms. The van der Waals surface area contributed by atoms with E-state index in [2.05, 4.69) is 15.9 Å². The van der Waals surface area contributed by atoms with Crippen molar-refractivity contribution in [1.29, 1.82) is 0 Å². The van der Waals surface area contributed by atoms with Crippen molar-refractivity contribution >= 4 is 39.5 Å². The number of carbonyl (C=O) groups excluding carboxylic acids is 3. The average molecular weight is 472 g/mol. The van der Waals surface area contributed by atoms with Crippen LogP contribution < -0.4 is 0 Å². The number of rotatable bonds is 5. The topological polar surface area (TPSA) is 72.9 Å². The molecule has 1 amide bonds. The number of benzene rings is 1. The summed E-state index contributed by atoms with van der Waals surface area (Å²) in [5.41, 5.74) is -2.62. The number of ether oxygens (including phenoxy) is 2. The summed E-state index contributed by atoms with van der Waals surface area (Å²) in [5.74, 6) is -2.95. The van der Waals surface area contributed by atoms with Crippen molar-refractivity contribution < 1.29 is 32.6 Å². The van der Waals surface area contributed by atoms with Crippen molar-refractivity contribution in [3.05, 3.63) is 52.0 Å². The van der Waals surface area contributed by atoms with Crippen LogP contribution in [0, 0.1) is 0 Å². The molecule has 2 rings (SSSR count). The van der Waals surface area contributed by atoms with Crippen LogP contribution in [-0.2, 0) is 23.9 Å². The van der Waals surface area contributed by atoms with Crippen LogP contribution in [0.1, 0.15) is 32.8 Å². The Balaban J connectivity index is 2.84. The average Bonchev–Trinajstić information content (AvgIpc) is 2.67. The second-order valence-corrected chi connectivity index (χ2v) is 7.07. The van der Waals surface area contributed by atoms with E-state index < -0.39 is 41.5 Å². The lowest BCUT2D eigenvalue weighted by atomic mass is 9.83. The van der Waals surface area contributed by atoms with Gasteiger partial charge in [0, 0.05) is 23.4 Å². The normalized spacial score (nSPS) is 15.4. The van der Waals surface area contributed by atoms with Gasteiger partial charge in [0.05, 0.1) is 18.9 Å². The molecule has 0 fully saturated rings. The molecule has 9 heteroatoms. The van der Waals surface area contributed by atoms with Crippen LogP contribution in [0.15, 0.2) is 46.5 Å². The van der Waals surface area contributed by atoms with Crippen molar-refractivity contribution in [3.63, 3.8) is 0 Å². The van der Waals surface area contributed by atoms with Gasteiger partial charge in [-0.25, -0.2) is 9.59 Å². The molecule has 0 bridgehead atoms. The first-order valence-corrected chi connectivity index (χ1v) is 9.65. The van der Waals surface area contributed by atoms with Crippen molar-refractivity contribution in [2.24, 2.45) is 0 Å². The summed E-state index contributed by atoms with van der Waals surface area (Å²) in [6.45, 7) is 3.94. The van der Waals surface area contributed by atoms with Gasteiger partial charge in [-0.3, -0.25) is 9.69 Å². The summed E-state index contributed by atoms with van der Waals surface area (Å²) >= 11 is 3.28. The van der Waals surface area contributed by atoms with E-state index in [0.29, 0.717) is 5.56 Å². The Bertz CT molecular complexity index is 857. The fraction of sp³-hybridized carbons (Fsp3) is 0.350. The number of nitrogens with zero attached hydrogens (tertiary/aromatic N) is 1. The maximum atomic E-state index is 13.7. The lowest BCUT2D eigenvalue weighted by Gasteiger charge is -2.43. The number of carbonyl (C=O) groups is 3. The van der Waals surface area contributed by atoms with E-state index in [9.17, 15) is 23.2 Å². The highest BCUT2D eigenvalue weighted by atomic mass is 79.9. The van der Waals surface area contributed by atoms with Crippen molar-refractivity contribution in [2.75, 3.05) is 13.2 Å². The van der Waals surface area contributed by atoms with Gasteiger partial charge in [-0.1, -0.05) is 28.1 Å². The minimum absolute atomic E-state index is 0.0276. The smallest absolute Gasteiger partial charge is 0.344 e. The fourth-order valence-electron chi connectivity index (χ4n) is 3.14. The SMILES string of the molecule is CCOC(=O)C1(C(=O)OCC)CC(=C(F)F)C=C(c2ccc(Br)cc2)N1C(C)=O. The van der Waals surface area contributed by atoms with Gasteiger partial charge in [0.1, 0.15) is 0 Å². The van der Waals surface area contributed by atoms with Crippen LogP contribution in [0.4, 0.5) is 8.78 Å². The van der Waals surface area contributed by atoms with Gasteiger partial charge in [0.2, 0.25) is 11.4 Å². The fourth-order valence-corrected chi connectivity index (χ4v) is 3.41. The molecule has 0 atom stereocenters. The Morgan fingerprint density at radius 2 is 1.59 bits per heavy atom. The molecule has 0 saturated carbocycles. The van der Waals surface area contributed by atoms with Crippen molar-refractivity contribution in [3.8, 4) is 0 Å². The Labute approximate surface area is 175 Å². The van der Waals surface area contributed by atoms with E-state index in [-0.39, 0.29) is 18.9 Å². The first-order chi connectivity index (χ1) is 13.7. The Morgan fingerprint density at radius 1 is 1.07 bits per heavy atom. The first-order valence-electron chi connectivity index (χ1n) is 8.86. The molecular weight excluding hydrogens is 452 g/mol.